The highest BCUT2D eigenvalue weighted by Crippen LogP contribution is 2.33. The van der Waals surface area contributed by atoms with Crippen LogP contribution in [0.25, 0.3) is 21.8 Å². The van der Waals surface area contributed by atoms with Crippen molar-refractivity contribution < 1.29 is 14.3 Å². The molecule has 0 radical (unpaired) electrons. The first-order valence-corrected chi connectivity index (χ1v) is 12.4. The molecule has 0 N–H and O–H groups in total. The zero-order chi connectivity index (χ0) is 24.7. The molecular weight excluding hydrogens is 436 g/mol. The molecule has 1 aliphatic heterocycles. The van der Waals surface area contributed by atoms with Gasteiger partial charge in [0.15, 0.2) is 11.6 Å². The maximum absolute atomic E-state index is 13.7. The van der Waals surface area contributed by atoms with Gasteiger partial charge < -0.3 is 9.30 Å². The van der Waals surface area contributed by atoms with Gasteiger partial charge in [0.25, 0.3) is 0 Å². The molecule has 5 nitrogen and oxygen atoms in total. The van der Waals surface area contributed by atoms with Gasteiger partial charge in [-0.05, 0) is 69.7 Å². The van der Waals surface area contributed by atoms with E-state index in [1.54, 1.807) is 0 Å². The van der Waals surface area contributed by atoms with Crippen molar-refractivity contribution in [2.45, 2.75) is 39.8 Å². The Morgan fingerprint density at radius 3 is 2.11 bits per heavy atom. The van der Waals surface area contributed by atoms with Crippen LogP contribution in [0.3, 0.4) is 0 Å². The highest BCUT2D eigenvalue weighted by Gasteiger charge is 2.36. The van der Waals surface area contributed by atoms with Crippen LogP contribution in [0, 0.1) is 6.92 Å². The normalized spacial score (nSPS) is 15.1. The van der Waals surface area contributed by atoms with Gasteiger partial charge in [-0.3, -0.25) is 14.5 Å². The number of carbonyl (C=O) groups is 2. The van der Waals surface area contributed by atoms with Crippen LogP contribution in [0.2, 0.25) is 0 Å². The molecule has 1 aromatic heterocycles. The number of Topliss-reactive ketones (excluding diaryl/α,β-unsaturated/α-hetero) is 1. The van der Waals surface area contributed by atoms with Gasteiger partial charge >= 0.3 is 0 Å². The largest absolute Gasteiger partial charge is 0.379 e. The number of hydrogen-bond acceptors (Lipinski definition) is 4. The molecule has 180 valence electrons. The first kappa shape index (κ1) is 23.5. The van der Waals surface area contributed by atoms with E-state index < -0.39 is 5.54 Å². The summed E-state index contributed by atoms with van der Waals surface area (Å²) in [6, 6.07) is 19.6. The second-order valence-corrected chi connectivity index (χ2v) is 9.84. The SMILES string of the molecule is CCn1c2ccc(C(=O)c3ccccc3C)cc2c2cc(C(=O)C(C)(C)N3CCOCC3)ccc21. The number of aromatic nitrogens is 1. The van der Waals surface area contributed by atoms with E-state index in [0.717, 1.165) is 47.0 Å². The number of nitrogens with zero attached hydrogens (tertiary/aromatic N) is 2. The molecule has 0 unspecified atom stereocenters. The average molecular weight is 469 g/mol. The lowest BCUT2D eigenvalue weighted by Gasteiger charge is -2.39. The number of morpholine rings is 1. The molecule has 0 aliphatic carbocycles. The van der Waals surface area contributed by atoms with Crippen molar-refractivity contribution in [2.24, 2.45) is 0 Å². The Kier molecular flexibility index (Phi) is 6.07. The van der Waals surface area contributed by atoms with Gasteiger partial charge in [-0.2, -0.15) is 0 Å². The van der Waals surface area contributed by atoms with Gasteiger partial charge in [-0.25, -0.2) is 0 Å². The molecule has 5 heteroatoms. The highest BCUT2D eigenvalue weighted by atomic mass is 16.5. The molecule has 5 rings (SSSR count). The summed E-state index contributed by atoms with van der Waals surface area (Å²) in [5.41, 5.74) is 4.56. The maximum atomic E-state index is 13.7. The molecule has 35 heavy (non-hydrogen) atoms. The van der Waals surface area contributed by atoms with Crippen molar-refractivity contribution in [1.82, 2.24) is 9.47 Å². The summed E-state index contributed by atoms with van der Waals surface area (Å²) >= 11 is 0. The Morgan fingerprint density at radius 1 is 0.886 bits per heavy atom. The number of carbonyl (C=O) groups excluding carboxylic acids is 2. The summed E-state index contributed by atoms with van der Waals surface area (Å²) in [6.07, 6.45) is 0. The number of aryl methyl sites for hydroxylation is 2. The number of benzene rings is 3. The summed E-state index contributed by atoms with van der Waals surface area (Å²) in [7, 11) is 0. The molecule has 0 saturated carbocycles. The second-order valence-electron chi connectivity index (χ2n) is 9.84. The van der Waals surface area contributed by atoms with Crippen molar-refractivity contribution in [3.05, 3.63) is 82.9 Å². The van der Waals surface area contributed by atoms with E-state index in [9.17, 15) is 9.59 Å². The Morgan fingerprint density at radius 2 is 1.49 bits per heavy atom. The molecular formula is C30H32N2O3. The first-order chi connectivity index (χ1) is 16.8. The number of ketones is 2. The van der Waals surface area contributed by atoms with E-state index in [1.165, 1.54) is 0 Å². The fraction of sp³-hybridized carbons (Fsp3) is 0.333. The predicted molar refractivity (Wildman–Crippen MR) is 141 cm³/mol. The van der Waals surface area contributed by atoms with Crippen LogP contribution in [-0.2, 0) is 11.3 Å². The lowest BCUT2D eigenvalue weighted by Crippen LogP contribution is -2.54. The fourth-order valence-electron chi connectivity index (χ4n) is 5.33. The summed E-state index contributed by atoms with van der Waals surface area (Å²) in [6.45, 7) is 11.7. The molecule has 1 saturated heterocycles. The van der Waals surface area contributed by atoms with Gasteiger partial charge in [-0.15, -0.1) is 0 Å². The molecule has 0 atom stereocenters. The standard InChI is InChI=1S/C30H32N2O3/c1-5-32-26-12-10-21(28(33)23-9-7-6-8-20(23)2)18-24(26)25-19-22(11-13-27(25)32)29(34)30(3,4)31-14-16-35-17-15-31/h6-13,18-19H,5,14-17H2,1-4H3. The van der Waals surface area contributed by atoms with E-state index in [-0.39, 0.29) is 11.6 Å². The maximum Gasteiger partial charge on any atom is 0.193 e. The average Bonchev–Trinajstić information content (AvgIpc) is 3.20. The van der Waals surface area contributed by atoms with E-state index >= 15 is 0 Å². The summed E-state index contributed by atoms with van der Waals surface area (Å²) in [5, 5.41) is 2.00. The van der Waals surface area contributed by atoms with Crippen LogP contribution < -0.4 is 0 Å². The second kappa shape index (κ2) is 9.06. The van der Waals surface area contributed by atoms with Crippen molar-refractivity contribution >= 4 is 33.4 Å². The molecule has 1 aliphatic rings. The number of hydrogen-bond donors (Lipinski definition) is 0. The van der Waals surface area contributed by atoms with Crippen LogP contribution in [-0.4, -0.2) is 52.9 Å². The molecule has 0 spiro atoms. The Bertz CT molecular complexity index is 1440. The topological polar surface area (TPSA) is 51.5 Å². The first-order valence-electron chi connectivity index (χ1n) is 12.4. The molecule has 0 bridgehead atoms. The monoisotopic (exact) mass is 468 g/mol. The van der Waals surface area contributed by atoms with Crippen molar-refractivity contribution in [1.29, 1.82) is 0 Å². The lowest BCUT2D eigenvalue weighted by molar-refractivity contribution is -0.00429. The van der Waals surface area contributed by atoms with Crippen LogP contribution >= 0.6 is 0 Å². The number of ether oxygens (including phenoxy) is 1. The van der Waals surface area contributed by atoms with Gasteiger partial charge in [0, 0.05) is 58.1 Å². The zero-order valence-corrected chi connectivity index (χ0v) is 20.9. The Labute approximate surface area is 206 Å². The number of rotatable bonds is 6. The van der Waals surface area contributed by atoms with E-state index in [2.05, 4.69) is 16.4 Å². The minimum atomic E-state index is -0.619. The van der Waals surface area contributed by atoms with Crippen LogP contribution in [0.4, 0.5) is 0 Å². The van der Waals surface area contributed by atoms with E-state index in [0.29, 0.717) is 29.9 Å². The van der Waals surface area contributed by atoms with Gasteiger partial charge in [0.2, 0.25) is 0 Å². The summed E-state index contributed by atoms with van der Waals surface area (Å²) < 4.78 is 7.73. The third kappa shape index (κ3) is 3.99. The van der Waals surface area contributed by atoms with Crippen molar-refractivity contribution in [3.8, 4) is 0 Å². The molecule has 2 heterocycles. The number of fused-ring (bicyclic) bond motifs is 3. The quantitative estimate of drug-likeness (QED) is 0.343. The summed E-state index contributed by atoms with van der Waals surface area (Å²) in [5.74, 6) is 0.119. The minimum absolute atomic E-state index is 0.0167. The summed E-state index contributed by atoms with van der Waals surface area (Å²) in [4.78, 5) is 29.2. The van der Waals surface area contributed by atoms with E-state index in [1.807, 2.05) is 81.4 Å². The fourth-order valence-corrected chi connectivity index (χ4v) is 5.33. The van der Waals surface area contributed by atoms with E-state index in [4.69, 9.17) is 4.74 Å². The molecule has 0 amide bonds. The van der Waals surface area contributed by atoms with Gasteiger partial charge in [-0.1, -0.05) is 24.3 Å². The zero-order valence-electron chi connectivity index (χ0n) is 20.9. The minimum Gasteiger partial charge on any atom is -0.379 e. The van der Waals surface area contributed by atoms with Crippen LogP contribution in [0.1, 0.15) is 52.6 Å². The van der Waals surface area contributed by atoms with Crippen LogP contribution in [0.15, 0.2) is 60.7 Å². The molecule has 4 aromatic rings. The Hall–Kier alpha value is -3.28. The van der Waals surface area contributed by atoms with Gasteiger partial charge in [0.05, 0.1) is 18.8 Å². The highest BCUT2D eigenvalue weighted by molar-refractivity contribution is 6.16. The third-order valence-corrected chi connectivity index (χ3v) is 7.45. The van der Waals surface area contributed by atoms with Crippen LogP contribution in [0.5, 0.6) is 0 Å². The van der Waals surface area contributed by atoms with Crippen molar-refractivity contribution in [3.63, 3.8) is 0 Å². The molecule has 3 aromatic carbocycles. The smallest absolute Gasteiger partial charge is 0.193 e. The Balaban J connectivity index is 1.61. The van der Waals surface area contributed by atoms with Crippen molar-refractivity contribution in [2.75, 3.05) is 26.3 Å². The third-order valence-electron chi connectivity index (χ3n) is 7.45. The lowest BCUT2D eigenvalue weighted by atomic mass is 9.90. The predicted octanol–water partition coefficient (Wildman–Crippen LogP) is 5.65. The van der Waals surface area contributed by atoms with Gasteiger partial charge in [0.1, 0.15) is 0 Å². The molecule has 1 fully saturated rings.